The van der Waals surface area contributed by atoms with Gasteiger partial charge in [0, 0.05) is 36.1 Å². The van der Waals surface area contributed by atoms with E-state index in [-0.39, 0.29) is 16.7 Å². The molecule has 0 spiro atoms. The lowest BCUT2D eigenvalue weighted by Gasteiger charge is -2.14. The van der Waals surface area contributed by atoms with E-state index in [9.17, 15) is 10.1 Å². The summed E-state index contributed by atoms with van der Waals surface area (Å²) in [6, 6.07) is 5.19. The Kier molecular flexibility index (Phi) is 3.00. The average Bonchev–Trinajstić information content (AvgIpc) is 2.91. The molecule has 98 valence electrons. The Labute approximate surface area is 109 Å². The molecule has 0 saturated carbocycles. The van der Waals surface area contributed by atoms with Crippen molar-refractivity contribution in [3.8, 4) is 0 Å². The number of non-ortho nitro benzene ring substituents is 1. The van der Waals surface area contributed by atoms with Crippen LogP contribution in [0.15, 0.2) is 30.6 Å². The summed E-state index contributed by atoms with van der Waals surface area (Å²) in [5.41, 5.74) is 0.967. The third-order valence-corrected chi connectivity index (χ3v) is 3.28. The van der Waals surface area contributed by atoms with Gasteiger partial charge in [0.25, 0.3) is 5.69 Å². The van der Waals surface area contributed by atoms with E-state index < -0.39 is 0 Å². The number of ether oxygens (including phenoxy) is 1. The maximum atomic E-state index is 11.0. The zero-order chi connectivity index (χ0) is 13.2. The fourth-order valence-corrected chi connectivity index (χ4v) is 2.33. The Hall–Kier alpha value is -2.21. The van der Waals surface area contributed by atoms with Crippen molar-refractivity contribution in [2.75, 3.05) is 18.5 Å². The van der Waals surface area contributed by atoms with Gasteiger partial charge in [-0.25, -0.2) is 0 Å². The molecule has 2 heterocycles. The summed E-state index contributed by atoms with van der Waals surface area (Å²) in [5, 5.41) is 15.7. The number of benzene rings is 1. The highest BCUT2D eigenvalue weighted by Crippen LogP contribution is 2.31. The van der Waals surface area contributed by atoms with E-state index in [1.54, 1.807) is 24.5 Å². The van der Waals surface area contributed by atoms with Gasteiger partial charge in [0.15, 0.2) is 0 Å². The monoisotopic (exact) mass is 259 g/mol. The maximum absolute atomic E-state index is 11.0. The number of nitro groups is 1. The molecule has 1 aromatic heterocycles. The minimum atomic E-state index is -0.370. The van der Waals surface area contributed by atoms with Crippen molar-refractivity contribution in [3.05, 3.63) is 40.7 Å². The lowest BCUT2D eigenvalue weighted by atomic mass is 10.1. The Morgan fingerprint density at radius 2 is 2.26 bits per heavy atom. The molecule has 6 heteroatoms. The molecule has 1 saturated heterocycles. The maximum Gasteiger partial charge on any atom is 0.277 e. The second-order valence-electron chi connectivity index (χ2n) is 4.52. The van der Waals surface area contributed by atoms with Gasteiger partial charge in [-0.2, -0.15) is 0 Å². The summed E-state index contributed by atoms with van der Waals surface area (Å²) in [6.45, 7) is 1.42. The van der Waals surface area contributed by atoms with Crippen molar-refractivity contribution in [2.45, 2.75) is 12.5 Å². The van der Waals surface area contributed by atoms with E-state index in [4.69, 9.17) is 4.74 Å². The van der Waals surface area contributed by atoms with Gasteiger partial charge in [-0.05, 0) is 18.6 Å². The summed E-state index contributed by atoms with van der Waals surface area (Å²) in [4.78, 5) is 14.7. The zero-order valence-electron chi connectivity index (χ0n) is 10.2. The highest BCUT2D eigenvalue weighted by atomic mass is 16.6. The molecule has 1 aromatic carbocycles. The van der Waals surface area contributed by atoms with E-state index in [1.165, 1.54) is 6.07 Å². The molecule has 0 amide bonds. The summed E-state index contributed by atoms with van der Waals surface area (Å²) >= 11 is 0. The number of nitrogens with zero attached hydrogens (tertiary/aromatic N) is 2. The van der Waals surface area contributed by atoms with Crippen LogP contribution in [-0.4, -0.2) is 29.2 Å². The van der Waals surface area contributed by atoms with Crippen LogP contribution in [0.2, 0.25) is 0 Å². The quantitative estimate of drug-likeness (QED) is 0.676. The van der Waals surface area contributed by atoms with Crippen LogP contribution >= 0.6 is 0 Å². The van der Waals surface area contributed by atoms with Gasteiger partial charge < -0.3 is 10.1 Å². The van der Waals surface area contributed by atoms with E-state index in [1.807, 2.05) is 0 Å². The summed E-state index contributed by atoms with van der Waals surface area (Å²) in [5.74, 6) is 0. The molecule has 1 atom stereocenters. The first kappa shape index (κ1) is 11.9. The molecule has 0 aliphatic carbocycles. The molecule has 0 bridgehead atoms. The second-order valence-corrected chi connectivity index (χ2v) is 4.52. The Morgan fingerprint density at radius 3 is 3.00 bits per heavy atom. The third kappa shape index (κ3) is 2.22. The first-order chi connectivity index (χ1) is 9.25. The second kappa shape index (κ2) is 4.81. The molecule has 2 aromatic rings. The smallest absolute Gasteiger partial charge is 0.277 e. The number of fused-ring (bicyclic) bond motifs is 1. The van der Waals surface area contributed by atoms with Crippen molar-refractivity contribution in [3.63, 3.8) is 0 Å². The number of hydrogen-bond donors (Lipinski definition) is 1. The van der Waals surface area contributed by atoms with Gasteiger partial charge in [-0.3, -0.25) is 15.1 Å². The number of nitro benzene ring substituents is 1. The van der Waals surface area contributed by atoms with E-state index >= 15 is 0 Å². The zero-order valence-corrected chi connectivity index (χ0v) is 10.2. The molecule has 0 radical (unpaired) electrons. The molecule has 1 N–H and O–H groups in total. The highest BCUT2D eigenvalue weighted by Gasteiger charge is 2.19. The Balaban J connectivity index is 2.05. The average molecular weight is 259 g/mol. The minimum absolute atomic E-state index is 0.102. The lowest BCUT2D eigenvalue weighted by molar-refractivity contribution is -0.383. The van der Waals surface area contributed by atoms with Crippen LogP contribution in [0.1, 0.15) is 6.42 Å². The molecular weight excluding hydrogens is 246 g/mol. The first-order valence-electron chi connectivity index (χ1n) is 6.11. The molecule has 3 rings (SSSR count). The lowest BCUT2D eigenvalue weighted by Crippen LogP contribution is -2.19. The molecule has 1 aliphatic rings. The van der Waals surface area contributed by atoms with Crippen molar-refractivity contribution in [2.24, 2.45) is 0 Å². The molecule has 6 nitrogen and oxygen atoms in total. The predicted molar refractivity (Wildman–Crippen MR) is 71.2 cm³/mol. The van der Waals surface area contributed by atoms with E-state index in [0.29, 0.717) is 12.0 Å². The Morgan fingerprint density at radius 1 is 1.37 bits per heavy atom. The van der Waals surface area contributed by atoms with Gasteiger partial charge in [0.1, 0.15) is 0 Å². The fourth-order valence-electron chi connectivity index (χ4n) is 2.33. The van der Waals surface area contributed by atoms with Crippen LogP contribution in [0.25, 0.3) is 10.8 Å². The minimum Gasteiger partial charge on any atom is -0.379 e. The predicted octanol–water partition coefficient (Wildman–Crippen LogP) is 2.34. The number of pyridine rings is 1. The largest absolute Gasteiger partial charge is 0.379 e. The number of nitrogens with one attached hydrogen (secondary N) is 1. The molecule has 19 heavy (non-hydrogen) atoms. The summed E-state index contributed by atoms with van der Waals surface area (Å²) < 4.78 is 5.32. The van der Waals surface area contributed by atoms with Crippen LogP contribution in [0, 0.1) is 10.1 Å². The van der Waals surface area contributed by atoms with Gasteiger partial charge in [-0.15, -0.1) is 0 Å². The molecule has 1 unspecified atom stereocenters. The molecule has 1 fully saturated rings. The summed E-state index contributed by atoms with van der Waals surface area (Å²) in [6.07, 6.45) is 4.16. The van der Waals surface area contributed by atoms with Crippen LogP contribution < -0.4 is 5.32 Å². The fraction of sp³-hybridized carbons (Fsp3) is 0.308. The van der Waals surface area contributed by atoms with Gasteiger partial charge >= 0.3 is 0 Å². The first-order valence-corrected chi connectivity index (χ1v) is 6.11. The number of aromatic nitrogens is 1. The van der Waals surface area contributed by atoms with Crippen LogP contribution in [-0.2, 0) is 4.74 Å². The van der Waals surface area contributed by atoms with Gasteiger partial charge in [0.05, 0.1) is 23.0 Å². The normalized spacial score (nSPS) is 18.6. The molecule has 1 aliphatic heterocycles. The Bertz CT molecular complexity index is 624. The topological polar surface area (TPSA) is 77.3 Å². The van der Waals surface area contributed by atoms with Crippen LogP contribution in [0.3, 0.4) is 0 Å². The van der Waals surface area contributed by atoms with Crippen molar-refractivity contribution in [1.29, 1.82) is 0 Å². The number of rotatable bonds is 3. The van der Waals surface area contributed by atoms with Crippen molar-refractivity contribution >= 4 is 22.1 Å². The van der Waals surface area contributed by atoms with E-state index in [2.05, 4.69) is 10.3 Å². The SMILES string of the molecule is O=[N+]([O-])c1ccc(NC2CCOC2)c2cnccc12. The van der Waals surface area contributed by atoms with E-state index in [0.717, 1.165) is 24.1 Å². The number of hydrogen-bond acceptors (Lipinski definition) is 5. The highest BCUT2D eigenvalue weighted by molar-refractivity contribution is 5.99. The third-order valence-electron chi connectivity index (χ3n) is 3.28. The molecular formula is C13H13N3O3. The summed E-state index contributed by atoms with van der Waals surface area (Å²) in [7, 11) is 0. The van der Waals surface area contributed by atoms with Crippen molar-refractivity contribution in [1.82, 2.24) is 4.98 Å². The van der Waals surface area contributed by atoms with Crippen molar-refractivity contribution < 1.29 is 9.66 Å². The van der Waals surface area contributed by atoms with Gasteiger partial charge in [0.2, 0.25) is 0 Å². The van der Waals surface area contributed by atoms with Crippen LogP contribution in [0.4, 0.5) is 11.4 Å². The number of anilines is 1. The standard InChI is InChI=1S/C13H13N3O3/c17-16(18)13-2-1-12(15-9-4-6-19-8-9)11-7-14-5-3-10(11)13/h1-3,5,7,9,15H,4,6,8H2. The van der Waals surface area contributed by atoms with Gasteiger partial charge in [-0.1, -0.05) is 0 Å². The van der Waals surface area contributed by atoms with Crippen LogP contribution in [0.5, 0.6) is 0 Å².